The van der Waals surface area contributed by atoms with Crippen LogP contribution in [-0.2, 0) is 20.7 Å². The second kappa shape index (κ2) is 8.99. The highest BCUT2D eigenvalue weighted by molar-refractivity contribution is 5.98. The molecule has 1 amide bonds. The van der Waals surface area contributed by atoms with E-state index in [9.17, 15) is 14.4 Å². The molecule has 3 aromatic rings. The third-order valence-electron chi connectivity index (χ3n) is 4.45. The van der Waals surface area contributed by atoms with Gasteiger partial charge in [-0.25, -0.2) is 0 Å². The van der Waals surface area contributed by atoms with Crippen LogP contribution in [0.1, 0.15) is 35.7 Å². The van der Waals surface area contributed by atoms with E-state index in [0.717, 1.165) is 16.5 Å². The van der Waals surface area contributed by atoms with E-state index in [1.165, 1.54) is 0 Å². The van der Waals surface area contributed by atoms with Crippen molar-refractivity contribution in [3.63, 3.8) is 0 Å². The SMILES string of the molecule is CCC(=O)Nc1ccc(C(=O)COC(=O)CCc2c[nH]c3ccccc23)cc1. The molecule has 0 fully saturated rings. The second-order valence-corrected chi connectivity index (χ2v) is 6.42. The monoisotopic (exact) mass is 378 g/mol. The second-order valence-electron chi connectivity index (χ2n) is 6.42. The number of para-hydroxylation sites is 1. The quantitative estimate of drug-likeness (QED) is 0.460. The highest BCUT2D eigenvalue weighted by atomic mass is 16.5. The zero-order chi connectivity index (χ0) is 19.9. The molecule has 0 unspecified atom stereocenters. The van der Waals surface area contributed by atoms with E-state index in [0.29, 0.717) is 24.1 Å². The minimum Gasteiger partial charge on any atom is -0.457 e. The number of hydrogen-bond donors (Lipinski definition) is 2. The maximum absolute atomic E-state index is 12.2. The lowest BCUT2D eigenvalue weighted by Crippen LogP contribution is -2.15. The molecule has 0 bridgehead atoms. The van der Waals surface area contributed by atoms with Crippen LogP contribution in [0.3, 0.4) is 0 Å². The number of hydrogen-bond acceptors (Lipinski definition) is 4. The van der Waals surface area contributed by atoms with Gasteiger partial charge in [0.25, 0.3) is 0 Å². The standard InChI is InChI=1S/C22H22N2O4/c1-2-21(26)24-17-10-7-15(8-11-17)20(25)14-28-22(27)12-9-16-13-23-19-6-4-3-5-18(16)19/h3-8,10-11,13,23H,2,9,12,14H2,1H3,(H,24,26). The molecule has 3 rings (SSSR count). The summed E-state index contributed by atoms with van der Waals surface area (Å²) in [6, 6.07) is 14.4. The number of H-pyrrole nitrogens is 1. The molecule has 0 aliphatic rings. The van der Waals surface area contributed by atoms with Crippen molar-refractivity contribution in [2.45, 2.75) is 26.2 Å². The van der Waals surface area contributed by atoms with Gasteiger partial charge in [-0.15, -0.1) is 0 Å². The lowest BCUT2D eigenvalue weighted by Gasteiger charge is -2.06. The Kier molecular flexibility index (Phi) is 6.22. The van der Waals surface area contributed by atoms with E-state index < -0.39 is 5.97 Å². The summed E-state index contributed by atoms with van der Waals surface area (Å²) >= 11 is 0. The molecule has 0 aliphatic heterocycles. The summed E-state index contributed by atoms with van der Waals surface area (Å²) in [7, 11) is 0. The number of benzene rings is 2. The van der Waals surface area contributed by atoms with Crippen LogP contribution in [0.15, 0.2) is 54.7 Å². The highest BCUT2D eigenvalue weighted by Gasteiger charge is 2.12. The molecule has 1 aromatic heterocycles. The Balaban J connectivity index is 1.47. The first-order valence-corrected chi connectivity index (χ1v) is 9.20. The first kappa shape index (κ1) is 19.4. The van der Waals surface area contributed by atoms with E-state index in [4.69, 9.17) is 4.74 Å². The number of fused-ring (bicyclic) bond motifs is 1. The number of aryl methyl sites for hydroxylation is 1. The molecule has 0 saturated carbocycles. The summed E-state index contributed by atoms with van der Waals surface area (Å²) in [5, 5.41) is 3.80. The summed E-state index contributed by atoms with van der Waals surface area (Å²) < 4.78 is 5.11. The van der Waals surface area contributed by atoms with E-state index in [2.05, 4.69) is 10.3 Å². The number of ketones is 1. The number of anilines is 1. The minimum absolute atomic E-state index is 0.0943. The molecule has 0 radical (unpaired) electrons. The fourth-order valence-electron chi connectivity index (χ4n) is 2.87. The van der Waals surface area contributed by atoms with Crippen molar-refractivity contribution in [2.75, 3.05) is 11.9 Å². The Morgan fingerprint density at radius 3 is 2.54 bits per heavy atom. The lowest BCUT2D eigenvalue weighted by atomic mass is 10.1. The molecule has 28 heavy (non-hydrogen) atoms. The van der Waals surface area contributed by atoms with Crippen LogP contribution in [-0.4, -0.2) is 29.3 Å². The number of carbonyl (C=O) groups excluding carboxylic acids is 3. The summed E-state index contributed by atoms with van der Waals surface area (Å²) in [5.74, 6) is -0.789. The molecule has 6 heteroatoms. The molecular formula is C22H22N2O4. The van der Waals surface area contributed by atoms with Crippen molar-refractivity contribution in [2.24, 2.45) is 0 Å². The summed E-state index contributed by atoms with van der Waals surface area (Å²) in [4.78, 5) is 38.7. The predicted octanol–water partition coefficient (Wildman–Crippen LogP) is 3.88. The number of amides is 1. The molecule has 2 aromatic carbocycles. The predicted molar refractivity (Wildman–Crippen MR) is 107 cm³/mol. The Bertz CT molecular complexity index is 989. The zero-order valence-electron chi connectivity index (χ0n) is 15.7. The van der Waals surface area contributed by atoms with E-state index >= 15 is 0 Å². The zero-order valence-corrected chi connectivity index (χ0v) is 15.7. The van der Waals surface area contributed by atoms with Gasteiger partial charge in [0.15, 0.2) is 12.4 Å². The van der Waals surface area contributed by atoms with Gasteiger partial charge >= 0.3 is 5.97 Å². The molecule has 0 atom stereocenters. The smallest absolute Gasteiger partial charge is 0.306 e. The largest absolute Gasteiger partial charge is 0.457 e. The molecule has 6 nitrogen and oxygen atoms in total. The molecular weight excluding hydrogens is 356 g/mol. The van der Waals surface area contributed by atoms with Gasteiger partial charge in [0.1, 0.15) is 0 Å². The van der Waals surface area contributed by atoms with Crippen molar-refractivity contribution >= 4 is 34.3 Å². The van der Waals surface area contributed by atoms with Gasteiger partial charge in [-0.2, -0.15) is 0 Å². The van der Waals surface area contributed by atoms with Crippen LogP contribution in [0.4, 0.5) is 5.69 Å². The molecule has 2 N–H and O–H groups in total. The number of nitrogens with one attached hydrogen (secondary N) is 2. The van der Waals surface area contributed by atoms with Crippen LogP contribution in [0.25, 0.3) is 10.9 Å². The van der Waals surface area contributed by atoms with Crippen LogP contribution in [0.5, 0.6) is 0 Å². The van der Waals surface area contributed by atoms with Crippen molar-refractivity contribution in [3.05, 3.63) is 65.9 Å². The molecule has 0 saturated heterocycles. The molecule has 144 valence electrons. The first-order chi connectivity index (χ1) is 13.6. The van der Waals surface area contributed by atoms with E-state index in [1.807, 2.05) is 30.5 Å². The average Bonchev–Trinajstić information content (AvgIpc) is 3.14. The normalized spacial score (nSPS) is 10.6. The van der Waals surface area contributed by atoms with Gasteiger partial charge in [0.2, 0.25) is 5.91 Å². The van der Waals surface area contributed by atoms with Crippen molar-refractivity contribution < 1.29 is 19.1 Å². The van der Waals surface area contributed by atoms with Crippen molar-refractivity contribution in [3.8, 4) is 0 Å². The topological polar surface area (TPSA) is 88.3 Å². The first-order valence-electron chi connectivity index (χ1n) is 9.20. The summed E-state index contributed by atoms with van der Waals surface area (Å²) in [5.41, 5.74) is 3.13. The number of aromatic amines is 1. The number of ether oxygens (including phenoxy) is 1. The summed E-state index contributed by atoms with van der Waals surface area (Å²) in [6.07, 6.45) is 3.02. The maximum Gasteiger partial charge on any atom is 0.306 e. The fourth-order valence-corrected chi connectivity index (χ4v) is 2.87. The van der Waals surface area contributed by atoms with Gasteiger partial charge in [-0.3, -0.25) is 14.4 Å². The number of esters is 1. The Morgan fingerprint density at radius 2 is 1.79 bits per heavy atom. The van der Waals surface area contributed by atoms with Crippen LogP contribution in [0.2, 0.25) is 0 Å². The molecule has 0 aliphatic carbocycles. The van der Waals surface area contributed by atoms with Gasteiger partial charge in [0, 0.05) is 41.2 Å². The Morgan fingerprint density at radius 1 is 1.04 bits per heavy atom. The Hall–Kier alpha value is -3.41. The van der Waals surface area contributed by atoms with E-state index in [-0.39, 0.29) is 24.7 Å². The van der Waals surface area contributed by atoms with Crippen molar-refractivity contribution in [1.82, 2.24) is 4.98 Å². The van der Waals surface area contributed by atoms with Gasteiger partial charge in [-0.05, 0) is 42.3 Å². The van der Waals surface area contributed by atoms with Crippen LogP contribution in [0, 0.1) is 0 Å². The average molecular weight is 378 g/mol. The fraction of sp³-hybridized carbons (Fsp3) is 0.227. The Labute approximate surface area is 162 Å². The van der Waals surface area contributed by atoms with E-state index in [1.54, 1.807) is 31.2 Å². The maximum atomic E-state index is 12.2. The molecule has 1 heterocycles. The number of carbonyl (C=O) groups is 3. The van der Waals surface area contributed by atoms with Crippen molar-refractivity contribution in [1.29, 1.82) is 0 Å². The molecule has 0 spiro atoms. The van der Waals surface area contributed by atoms with Crippen LogP contribution >= 0.6 is 0 Å². The minimum atomic E-state index is -0.412. The van der Waals surface area contributed by atoms with Crippen LogP contribution < -0.4 is 5.32 Å². The van der Waals surface area contributed by atoms with Gasteiger partial charge in [-0.1, -0.05) is 25.1 Å². The number of Topliss-reactive ketones (excluding diaryl/α,β-unsaturated/α-hetero) is 1. The highest BCUT2D eigenvalue weighted by Crippen LogP contribution is 2.19. The van der Waals surface area contributed by atoms with Gasteiger partial charge < -0.3 is 15.0 Å². The third kappa shape index (κ3) is 4.85. The lowest BCUT2D eigenvalue weighted by molar-refractivity contribution is -0.142. The summed E-state index contributed by atoms with van der Waals surface area (Å²) in [6.45, 7) is 1.47. The van der Waals surface area contributed by atoms with Gasteiger partial charge in [0.05, 0.1) is 0 Å². The number of aromatic nitrogens is 1. The number of rotatable bonds is 8. The third-order valence-corrected chi connectivity index (χ3v) is 4.45.